The van der Waals surface area contributed by atoms with E-state index in [0.717, 1.165) is 19.4 Å². The van der Waals surface area contributed by atoms with E-state index in [4.69, 9.17) is 0 Å². The minimum absolute atomic E-state index is 0.286. The zero-order chi connectivity index (χ0) is 15.2. The summed E-state index contributed by atoms with van der Waals surface area (Å²) >= 11 is 0. The number of aryl methyl sites for hydroxylation is 1. The van der Waals surface area contributed by atoms with Gasteiger partial charge in [-0.25, -0.2) is 4.68 Å². The van der Waals surface area contributed by atoms with Crippen LogP contribution in [0.5, 0.6) is 0 Å². The Morgan fingerprint density at radius 1 is 1.10 bits per heavy atom. The number of aromatic nitrogens is 3. The highest BCUT2D eigenvalue weighted by Gasteiger charge is 2.20. The topological polar surface area (TPSA) is 30.7 Å². The van der Waals surface area contributed by atoms with E-state index in [1.54, 1.807) is 0 Å². The Morgan fingerprint density at radius 3 is 2.35 bits per heavy atom. The quantitative estimate of drug-likeness (QED) is 0.649. The third kappa shape index (κ3) is 6.06. The molecule has 3 nitrogen and oxygen atoms in total. The molecule has 20 heavy (non-hydrogen) atoms. The molecule has 0 unspecified atom stereocenters. The van der Waals surface area contributed by atoms with Crippen molar-refractivity contribution in [1.29, 1.82) is 0 Å². The average Bonchev–Trinajstić information content (AvgIpc) is 2.65. The van der Waals surface area contributed by atoms with E-state index < -0.39 is 0 Å². The smallest absolute Gasteiger partial charge is 0.0861 e. The van der Waals surface area contributed by atoms with Crippen molar-refractivity contribution in [2.24, 2.45) is 11.3 Å². The van der Waals surface area contributed by atoms with E-state index in [9.17, 15) is 0 Å². The van der Waals surface area contributed by atoms with E-state index in [1.807, 2.05) is 0 Å². The standard InChI is InChI=1S/C17H33N3/c1-7-8-9-10-11-20-16(13-17(4,5)6)15(18-19-20)12-14(2)3/h14H,7-13H2,1-6H3. The molecule has 0 radical (unpaired) electrons. The first-order valence-corrected chi connectivity index (χ1v) is 8.24. The minimum atomic E-state index is 0.286. The first-order chi connectivity index (χ1) is 9.33. The maximum atomic E-state index is 4.45. The van der Waals surface area contributed by atoms with Gasteiger partial charge in [0.05, 0.1) is 11.4 Å². The molecule has 0 aliphatic carbocycles. The molecule has 0 spiro atoms. The Balaban J connectivity index is 2.79. The normalized spacial score (nSPS) is 12.3. The monoisotopic (exact) mass is 279 g/mol. The van der Waals surface area contributed by atoms with Crippen LogP contribution in [0.3, 0.4) is 0 Å². The molecule has 0 N–H and O–H groups in total. The Bertz CT molecular complexity index is 385. The molecule has 0 amide bonds. The molecular weight excluding hydrogens is 246 g/mol. The van der Waals surface area contributed by atoms with Crippen LogP contribution in [0, 0.1) is 11.3 Å². The summed E-state index contributed by atoms with van der Waals surface area (Å²) in [5.41, 5.74) is 2.86. The van der Waals surface area contributed by atoms with Crippen LogP contribution in [-0.4, -0.2) is 15.0 Å². The minimum Gasteiger partial charge on any atom is -0.249 e. The predicted octanol–water partition coefficient (Wildman–Crippen LogP) is 4.65. The van der Waals surface area contributed by atoms with Crippen molar-refractivity contribution in [1.82, 2.24) is 15.0 Å². The number of unbranched alkanes of at least 4 members (excludes halogenated alkanes) is 3. The average molecular weight is 279 g/mol. The van der Waals surface area contributed by atoms with Crippen molar-refractivity contribution in [3.8, 4) is 0 Å². The first-order valence-electron chi connectivity index (χ1n) is 8.24. The maximum Gasteiger partial charge on any atom is 0.0861 e. The molecule has 0 aliphatic heterocycles. The Hall–Kier alpha value is -0.860. The van der Waals surface area contributed by atoms with Crippen molar-refractivity contribution in [3.63, 3.8) is 0 Å². The van der Waals surface area contributed by atoms with Gasteiger partial charge in [-0.1, -0.05) is 66.0 Å². The van der Waals surface area contributed by atoms with Crippen LogP contribution >= 0.6 is 0 Å². The molecule has 0 aromatic carbocycles. The zero-order valence-electron chi connectivity index (χ0n) is 14.4. The molecule has 0 saturated carbocycles. The predicted molar refractivity (Wildman–Crippen MR) is 85.9 cm³/mol. The second kappa shape index (κ2) is 7.80. The van der Waals surface area contributed by atoms with Gasteiger partial charge in [0.15, 0.2) is 0 Å². The first kappa shape index (κ1) is 17.2. The molecule has 1 aromatic heterocycles. The molecule has 0 bridgehead atoms. The van der Waals surface area contributed by atoms with Gasteiger partial charge in [-0.05, 0) is 30.6 Å². The maximum absolute atomic E-state index is 4.45. The number of hydrogen-bond donors (Lipinski definition) is 0. The summed E-state index contributed by atoms with van der Waals surface area (Å²) in [6, 6.07) is 0. The largest absolute Gasteiger partial charge is 0.249 e. The fourth-order valence-electron chi connectivity index (χ4n) is 2.48. The van der Waals surface area contributed by atoms with Crippen LogP contribution < -0.4 is 0 Å². The van der Waals surface area contributed by atoms with Crippen molar-refractivity contribution in [2.45, 2.75) is 86.6 Å². The molecule has 3 heteroatoms. The van der Waals surface area contributed by atoms with Gasteiger partial charge in [0.25, 0.3) is 0 Å². The summed E-state index contributed by atoms with van der Waals surface area (Å²) < 4.78 is 2.17. The lowest BCUT2D eigenvalue weighted by molar-refractivity contribution is 0.386. The van der Waals surface area contributed by atoms with Gasteiger partial charge in [0, 0.05) is 6.54 Å². The van der Waals surface area contributed by atoms with Gasteiger partial charge in [-0.2, -0.15) is 0 Å². The van der Waals surface area contributed by atoms with Crippen LogP contribution in [0.4, 0.5) is 0 Å². The van der Waals surface area contributed by atoms with Gasteiger partial charge in [-0.15, -0.1) is 5.10 Å². The molecule has 0 aliphatic rings. The van der Waals surface area contributed by atoms with Gasteiger partial charge < -0.3 is 0 Å². The molecule has 1 heterocycles. The van der Waals surface area contributed by atoms with Crippen LogP contribution in [0.2, 0.25) is 0 Å². The van der Waals surface area contributed by atoms with Crippen LogP contribution in [0.25, 0.3) is 0 Å². The van der Waals surface area contributed by atoms with Crippen LogP contribution in [0.1, 0.15) is 78.6 Å². The summed E-state index contributed by atoms with van der Waals surface area (Å²) in [6.45, 7) is 14.7. The van der Waals surface area contributed by atoms with Gasteiger partial charge in [-0.3, -0.25) is 0 Å². The number of rotatable bonds is 8. The van der Waals surface area contributed by atoms with Crippen molar-refractivity contribution < 1.29 is 0 Å². The second-order valence-electron chi connectivity index (χ2n) is 7.60. The fraction of sp³-hybridized carbons (Fsp3) is 0.882. The summed E-state index contributed by atoms with van der Waals surface area (Å²) in [4.78, 5) is 0. The van der Waals surface area contributed by atoms with Gasteiger partial charge >= 0.3 is 0 Å². The molecule has 1 aromatic rings. The van der Waals surface area contributed by atoms with Gasteiger partial charge in [0.2, 0.25) is 0 Å². The van der Waals surface area contributed by atoms with Crippen molar-refractivity contribution in [2.75, 3.05) is 0 Å². The summed E-state index contributed by atoms with van der Waals surface area (Å²) in [7, 11) is 0. The Labute approximate surface area is 125 Å². The van der Waals surface area contributed by atoms with E-state index in [0.29, 0.717) is 5.92 Å². The van der Waals surface area contributed by atoms with Gasteiger partial charge in [0.1, 0.15) is 0 Å². The second-order valence-corrected chi connectivity index (χ2v) is 7.60. The Kier molecular flexibility index (Phi) is 6.70. The number of nitrogens with zero attached hydrogens (tertiary/aromatic N) is 3. The molecule has 1 rings (SSSR count). The van der Waals surface area contributed by atoms with Crippen molar-refractivity contribution in [3.05, 3.63) is 11.4 Å². The third-order valence-corrected chi connectivity index (χ3v) is 3.44. The molecular formula is C17H33N3. The third-order valence-electron chi connectivity index (χ3n) is 3.44. The lowest BCUT2D eigenvalue weighted by Gasteiger charge is -2.20. The summed E-state index contributed by atoms with van der Waals surface area (Å²) in [5.74, 6) is 0.638. The fourth-order valence-corrected chi connectivity index (χ4v) is 2.48. The SMILES string of the molecule is CCCCCCn1nnc(CC(C)C)c1CC(C)(C)C. The van der Waals surface area contributed by atoms with E-state index in [2.05, 4.69) is 56.5 Å². The highest BCUT2D eigenvalue weighted by molar-refractivity contribution is 5.12. The summed E-state index contributed by atoms with van der Waals surface area (Å²) in [6.07, 6.45) is 7.23. The molecule has 0 atom stereocenters. The number of hydrogen-bond acceptors (Lipinski definition) is 2. The molecule has 0 saturated heterocycles. The van der Waals surface area contributed by atoms with Crippen LogP contribution in [-0.2, 0) is 19.4 Å². The van der Waals surface area contributed by atoms with Crippen LogP contribution in [0.15, 0.2) is 0 Å². The Morgan fingerprint density at radius 2 is 1.80 bits per heavy atom. The lowest BCUT2D eigenvalue weighted by atomic mass is 9.89. The van der Waals surface area contributed by atoms with E-state index in [1.165, 1.54) is 37.1 Å². The highest BCUT2D eigenvalue weighted by atomic mass is 15.4. The molecule has 116 valence electrons. The molecule has 0 fully saturated rings. The van der Waals surface area contributed by atoms with E-state index >= 15 is 0 Å². The zero-order valence-corrected chi connectivity index (χ0v) is 14.4. The van der Waals surface area contributed by atoms with E-state index in [-0.39, 0.29) is 5.41 Å². The highest BCUT2D eigenvalue weighted by Crippen LogP contribution is 2.23. The van der Waals surface area contributed by atoms with Crippen molar-refractivity contribution >= 4 is 0 Å². The lowest BCUT2D eigenvalue weighted by Crippen LogP contribution is -2.16. The summed E-state index contributed by atoms with van der Waals surface area (Å²) in [5, 5.41) is 8.87.